The summed E-state index contributed by atoms with van der Waals surface area (Å²) in [4.78, 5) is 6.75. The summed E-state index contributed by atoms with van der Waals surface area (Å²) in [5, 5.41) is 7.33. The molecule has 2 heterocycles. The maximum Gasteiger partial charge on any atom is 0.244 e. The summed E-state index contributed by atoms with van der Waals surface area (Å²) in [5.74, 6) is 0.755. The van der Waals surface area contributed by atoms with Crippen LogP contribution in [0.4, 0.5) is 4.39 Å². The molecule has 7 heteroatoms. The third-order valence-corrected chi connectivity index (χ3v) is 4.33. The fourth-order valence-electron chi connectivity index (χ4n) is 2.41. The minimum atomic E-state index is -0.302. The Labute approximate surface area is 130 Å². The largest absolute Gasteiger partial charge is 0.337 e. The average molecular weight is 355 g/mol. The molecule has 2 aromatic rings. The fraction of sp³-hybridized carbons (Fsp3) is 0.429. The maximum absolute atomic E-state index is 13.1. The third-order valence-electron chi connectivity index (χ3n) is 3.67. The lowest BCUT2D eigenvalue weighted by atomic mass is 10.2. The number of nitrogens with one attached hydrogen (secondary N) is 1. The van der Waals surface area contributed by atoms with Crippen molar-refractivity contribution in [3.8, 4) is 11.4 Å². The molecule has 1 aliphatic heterocycles. The Hall–Kier alpha value is -1.31. The lowest BCUT2D eigenvalue weighted by Crippen LogP contribution is -2.44. The number of piperazine rings is 1. The molecule has 5 nitrogen and oxygen atoms in total. The van der Waals surface area contributed by atoms with Crippen LogP contribution in [0, 0.1) is 5.82 Å². The Morgan fingerprint density at radius 2 is 2.14 bits per heavy atom. The average Bonchev–Trinajstić information content (AvgIpc) is 2.97. The van der Waals surface area contributed by atoms with E-state index >= 15 is 0 Å². The molecule has 1 saturated heterocycles. The first-order valence-electron chi connectivity index (χ1n) is 6.89. The zero-order valence-electron chi connectivity index (χ0n) is 11.6. The molecular weight excluding hydrogens is 339 g/mol. The molecule has 0 radical (unpaired) electrons. The molecule has 1 aromatic heterocycles. The molecule has 0 bridgehead atoms. The van der Waals surface area contributed by atoms with Crippen molar-refractivity contribution in [2.75, 3.05) is 26.2 Å². The van der Waals surface area contributed by atoms with Crippen molar-refractivity contribution in [1.29, 1.82) is 0 Å². The standard InChI is InChI=1S/C14H16BrFN4O/c1-9(20-6-4-17-5-7-20)14-18-13(19-21-14)11-3-2-10(16)8-12(11)15/h2-3,8-9,17H,4-7H2,1H3. The molecule has 0 aliphatic carbocycles. The van der Waals surface area contributed by atoms with Gasteiger partial charge in [0.05, 0.1) is 6.04 Å². The first-order valence-corrected chi connectivity index (χ1v) is 7.68. The molecule has 0 amide bonds. The second-order valence-electron chi connectivity index (χ2n) is 5.04. The number of hydrogen-bond acceptors (Lipinski definition) is 5. The van der Waals surface area contributed by atoms with Crippen molar-refractivity contribution in [2.45, 2.75) is 13.0 Å². The van der Waals surface area contributed by atoms with Gasteiger partial charge in [-0.05, 0) is 41.1 Å². The van der Waals surface area contributed by atoms with Crippen LogP contribution in [0.15, 0.2) is 27.2 Å². The molecule has 1 aliphatic rings. The molecule has 21 heavy (non-hydrogen) atoms. The summed E-state index contributed by atoms with van der Waals surface area (Å²) < 4.78 is 19.1. The van der Waals surface area contributed by atoms with Gasteiger partial charge in [0, 0.05) is 36.2 Å². The van der Waals surface area contributed by atoms with E-state index in [4.69, 9.17) is 4.52 Å². The summed E-state index contributed by atoms with van der Waals surface area (Å²) in [6.07, 6.45) is 0. The summed E-state index contributed by atoms with van der Waals surface area (Å²) in [7, 11) is 0. The van der Waals surface area contributed by atoms with Crippen LogP contribution in [0.2, 0.25) is 0 Å². The predicted molar refractivity (Wildman–Crippen MR) is 80.2 cm³/mol. The monoisotopic (exact) mass is 354 g/mol. The van der Waals surface area contributed by atoms with Gasteiger partial charge in [-0.15, -0.1) is 0 Å². The molecule has 1 unspecified atom stereocenters. The molecule has 1 aromatic carbocycles. The Balaban J connectivity index is 1.82. The zero-order valence-corrected chi connectivity index (χ0v) is 13.2. The number of halogens is 2. The highest BCUT2D eigenvalue weighted by molar-refractivity contribution is 9.10. The van der Waals surface area contributed by atoms with Gasteiger partial charge in [-0.3, -0.25) is 4.90 Å². The van der Waals surface area contributed by atoms with Crippen LogP contribution in [0.25, 0.3) is 11.4 Å². The van der Waals surface area contributed by atoms with Crippen LogP contribution >= 0.6 is 15.9 Å². The SMILES string of the molecule is CC(c1nc(-c2ccc(F)cc2Br)no1)N1CCNCC1. The smallest absolute Gasteiger partial charge is 0.244 e. The van der Waals surface area contributed by atoms with E-state index in [1.165, 1.54) is 12.1 Å². The number of nitrogens with zero attached hydrogens (tertiary/aromatic N) is 3. The molecular formula is C14H16BrFN4O. The summed E-state index contributed by atoms with van der Waals surface area (Å²) >= 11 is 3.33. The van der Waals surface area contributed by atoms with E-state index in [-0.39, 0.29) is 11.9 Å². The van der Waals surface area contributed by atoms with Crippen molar-refractivity contribution in [2.24, 2.45) is 0 Å². The summed E-state index contributed by atoms with van der Waals surface area (Å²) in [6.45, 7) is 5.91. The van der Waals surface area contributed by atoms with Crippen molar-refractivity contribution in [3.63, 3.8) is 0 Å². The van der Waals surface area contributed by atoms with Gasteiger partial charge in [-0.1, -0.05) is 5.16 Å². The first kappa shape index (κ1) is 14.6. The molecule has 0 saturated carbocycles. The van der Waals surface area contributed by atoms with Gasteiger partial charge >= 0.3 is 0 Å². The minimum absolute atomic E-state index is 0.0765. The molecule has 3 rings (SSSR count). The second kappa shape index (κ2) is 6.21. The highest BCUT2D eigenvalue weighted by Crippen LogP contribution is 2.28. The lowest BCUT2D eigenvalue weighted by Gasteiger charge is -2.30. The second-order valence-corrected chi connectivity index (χ2v) is 5.90. The summed E-state index contributed by atoms with van der Waals surface area (Å²) in [5.41, 5.74) is 0.721. The van der Waals surface area contributed by atoms with E-state index in [1.807, 2.05) is 0 Å². The Morgan fingerprint density at radius 1 is 1.38 bits per heavy atom. The normalized spacial score (nSPS) is 17.9. The molecule has 1 N–H and O–H groups in total. The molecule has 112 valence electrons. The molecule has 0 spiro atoms. The van der Waals surface area contributed by atoms with E-state index in [2.05, 4.69) is 43.2 Å². The number of rotatable bonds is 3. The van der Waals surface area contributed by atoms with Gasteiger partial charge in [0.2, 0.25) is 11.7 Å². The van der Waals surface area contributed by atoms with E-state index in [0.717, 1.165) is 31.7 Å². The van der Waals surface area contributed by atoms with Crippen molar-refractivity contribution in [3.05, 3.63) is 34.4 Å². The topological polar surface area (TPSA) is 54.2 Å². The third kappa shape index (κ3) is 3.14. The van der Waals surface area contributed by atoms with Gasteiger partial charge in [0.15, 0.2) is 0 Å². The fourth-order valence-corrected chi connectivity index (χ4v) is 2.94. The molecule has 1 atom stereocenters. The lowest BCUT2D eigenvalue weighted by molar-refractivity contribution is 0.154. The van der Waals surface area contributed by atoms with E-state index in [0.29, 0.717) is 16.2 Å². The van der Waals surface area contributed by atoms with E-state index in [9.17, 15) is 4.39 Å². The van der Waals surface area contributed by atoms with Crippen LogP contribution in [0.5, 0.6) is 0 Å². The van der Waals surface area contributed by atoms with Gasteiger partial charge in [0.1, 0.15) is 5.82 Å². The molecule has 1 fully saturated rings. The van der Waals surface area contributed by atoms with E-state index in [1.54, 1.807) is 6.07 Å². The number of aromatic nitrogens is 2. The Morgan fingerprint density at radius 3 is 2.86 bits per heavy atom. The van der Waals surface area contributed by atoms with Crippen molar-refractivity contribution < 1.29 is 8.91 Å². The van der Waals surface area contributed by atoms with Gasteiger partial charge < -0.3 is 9.84 Å². The van der Waals surface area contributed by atoms with Crippen LogP contribution in [-0.2, 0) is 0 Å². The van der Waals surface area contributed by atoms with Crippen LogP contribution < -0.4 is 5.32 Å². The summed E-state index contributed by atoms with van der Waals surface area (Å²) in [6, 6.07) is 4.50. The maximum atomic E-state index is 13.1. The predicted octanol–water partition coefficient (Wildman–Crippen LogP) is 2.60. The van der Waals surface area contributed by atoms with Crippen molar-refractivity contribution >= 4 is 15.9 Å². The van der Waals surface area contributed by atoms with Crippen LogP contribution in [-0.4, -0.2) is 41.2 Å². The minimum Gasteiger partial charge on any atom is -0.337 e. The van der Waals surface area contributed by atoms with Gasteiger partial charge in [0.25, 0.3) is 0 Å². The van der Waals surface area contributed by atoms with Gasteiger partial charge in [-0.25, -0.2) is 4.39 Å². The Bertz CT molecular complexity index is 627. The van der Waals surface area contributed by atoms with Crippen LogP contribution in [0.3, 0.4) is 0 Å². The zero-order chi connectivity index (χ0) is 14.8. The highest BCUT2D eigenvalue weighted by Gasteiger charge is 2.23. The Kier molecular flexibility index (Phi) is 4.32. The van der Waals surface area contributed by atoms with Crippen molar-refractivity contribution in [1.82, 2.24) is 20.4 Å². The highest BCUT2D eigenvalue weighted by atomic mass is 79.9. The van der Waals surface area contributed by atoms with Gasteiger partial charge in [-0.2, -0.15) is 4.98 Å². The number of benzene rings is 1. The first-order chi connectivity index (χ1) is 10.1. The number of hydrogen-bond donors (Lipinski definition) is 1. The quantitative estimate of drug-likeness (QED) is 0.917. The van der Waals surface area contributed by atoms with Crippen LogP contribution in [0.1, 0.15) is 18.9 Å². The van der Waals surface area contributed by atoms with E-state index < -0.39 is 0 Å².